The maximum absolute atomic E-state index is 13.7. The number of halogens is 1. The van der Waals surface area contributed by atoms with Crippen LogP contribution in [-0.4, -0.2) is 21.5 Å². The molecule has 0 heterocycles. The molecular weight excluding hydrogens is 339 g/mol. The molecule has 3 nitrogen and oxygen atoms in total. The smallest absolute Gasteiger partial charge is 0.307 e. The van der Waals surface area contributed by atoms with Crippen molar-refractivity contribution in [2.45, 2.75) is 18.2 Å². The van der Waals surface area contributed by atoms with Crippen LogP contribution in [0.4, 0.5) is 4.39 Å². The normalized spacial score (nSPS) is 16.2. The Kier molecular flexibility index (Phi) is 4.68. The number of hydrogen-bond acceptors (Lipinski definition) is 2. The molecule has 1 N–H and O–H groups in total. The number of fused-ring (bicyclic) bond motifs is 1. The highest BCUT2D eigenvalue weighted by atomic mass is 32.2. The van der Waals surface area contributed by atoms with E-state index in [9.17, 15) is 13.4 Å². The van der Waals surface area contributed by atoms with E-state index in [1.807, 2.05) is 25.1 Å². The molecule has 1 aliphatic rings. The summed E-state index contributed by atoms with van der Waals surface area (Å²) in [7, 11) is -1.04. The van der Waals surface area contributed by atoms with Gasteiger partial charge in [0, 0.05) is 22.0 Å². The first kappa shape index (κ1) is 17.3. The summed E-state index contributed by atoms with van der Waals surface area (Å²) in [5.41, 5.74) is 4.74. The van der Waals surface area contributed by atoms with Gasteiger partial charge in [0.25, 0.3) is 0 Å². The third-order valence-electron chi connectivity index (χ3n) is 4.30. The molecule has 0 bridgehead atoms. The molecular formula is C20H17FO3S. The Morgan fingerprint density at radius 2 is 1.84 bits per heavy atom. The minimum Gasteiger partial charge on any atom is -0.481 e. The van der Waals surface area contributed by atoms with E-state index in [0.29, 0.717) is 11.1 Å². The lowest BCUT2D eigenvalue weighted by Crippen LogP contribution is -1.97. The zero-order chi connectivity index (χ0) is 18.1. The Morgan fingerprint density at radius 3 is 2.44 bits per heavy atom. The Balaban J connectivity index is 2.10. The van der Waals surface area contributed by atoms with Gasteiger partial charge in [-0.25, -0.2) is 4.39 Å². The van der Waals surface area contributed by atoms with Crippen molar-refractivity contribution in [3.8, 4) is 0 Å². The first-order valence-electron chi connectivity index (χ1n) is 7.74. The highest BCUT2D eigenvalue weighted by molar-refractivity contribution is 7.84. The van der Waals surface area contributed by atoms with E-state index in [2.05, 4.69) is 0 Å². The number of benzene rings is 2. The number of carboxylic acids is 1. The minimum atomic E-state index is -1.04. The summed E-state index contributed by atoms with van der Waals surface area (Å²) >= 11 is 0. The molecule has 0 saturated heterocycles. The van der Waals surface area contributed by atoms with E-state index < -0.39 is 16.8 Å². The molecule has 0 fully saturated rings. The van der Waals surface area contributed by atoms with Crippen molar-refractivity contribution < 1.29 is 18.5 Å². The van der Waals surface area contributed by atoms with Crippen LogP contribution in [-0.2, 0) is 15.6 Å². The first-order valence-corrected chi connectivity index (χ1v) is 9.30. The fourth-order valence-electron chi connectivity index (χ4n) is 3.05. The molecule has 5 heteroatoms. The summed E-state index contributed by atoms with van der Waals surface area (Å²) in [6, 6.07) is 11.8. The molecule has 0 unspecified atom stereocenters. The predicted octanol–water partition coefficient (Wildman–Crippen LogP) is 4.37. The van der Waals surface area contributed by atoms with E-state index >= 15 is 0 Å². The fourth-order valence-corrected chi connectivity index (χ4v) is 3.57. The van der Waals surface area contributed by atoms with Gasteiger partial charge in [0.1, 0.15) is 5.82 Å². The number of carbonyl (C=O) groups is 1. The topological polar surface area (TPSA) is 54.4 Å². The lowest BCUT2D eigenvalue weighted by molar-refractivity contribution is -0.135. The molecule has 0 spiro atoms. The molecule has 0 radical (unpaired) electrons. The average Bonchev–Trinajstić information content (AvgIpc) is 2.80. The van der Waals surface area contributed by atoms with Crippen molar-refractivity contribution in [2.24, 2.45) is 0 Å². The summed E-state index contributed by atoms with van der Waals surface area (Å²) in [5, 5.41) is 9.17. The minimum absolute atomic E-state index is 0.145. The zero-order valence-corrected chi connectivity index (χ0v) is 14.7. The highest BCUT2D eigenvalue weighted by Gasteiger charge is 2.25. The third kappa shape index (κ3) is 3.46. The van der Waals surface area contributed by atoms with E-state index in [1.165, 1.54) is 12.1 Å². The average molecular weight is 356 g/mol. The summed E-state index contributed by atoms with van der Waals surface area (Å²) in [4.78, 5) is 11.9. The maximum Gasteiger partial charge on any atom is 0.307 e. The van der Waals surface area contributed by atoms with E-state index in [-0.39, 0.29) is 12.2 Å². The standard InChI is InChI=1S/C20H17FO3S/c1-12-17(9-13-3-6-15(7-4-13)25(2)24)16-8-5-14(21)10-19(16)18(12)11-20(22)23/h3-10H,11H2,1-2H3,(H,22,23)/b17-9+/t25-/m1/s1. The van der Waals surface area contributed by atoms with Gasteiger partial charge in [-0.1, -0.05) is 18.2 Å². The molecule has 2 aromatic rings. The number of hydrogen-bond donors (Lipinski definition) is 1. The third-order valence-corrected chi connectivity index (χ3v) is 5.24. The van der Waals surface area contributed by atoms with Gasteiger partial charge in [-0.3, -0.25) is 9.00 Å². The molecule has 0 saturated carbocycles. The second-order valence-electron chi connectivity index (χ2n) is 5.95. The van der Waals surface area contributed by atoms with Crippen LogP contribution in [0.15, 0.2) is 52.9 Å². The molecule has 0 amide bonds. The van der Waals surface area contributed by atoms with Crippen LogP contribution in [0.1, 0.15) is 30.0 Å². The quantitative estimate of drug-likeness (QED) is 0.885. The Labute approximate surface area is 148 Å². The highest BCUT2D eigenvalue weighted by Crippen LogP contribution is 2.43. The summed E-state index contributed by atoms with van der Waals surface area (Å²) in [5.74, 6) is -1.33. The monoisotopic (exact) mass is 356 g/mol. The predicted molar refractivity (Wildman–Crippen MR) is 97.9 cm³/mol. The van der Waals surface area contributed by atoms with Crippen molar-refractivity contribution in [3.63, 3.8) is 0 Å². The van der Waals surface area contributed by atoms with Crippen molar-refractivity contribution in [2.75, 3.05) is 6.26 Å². The lowest BCUT2D eigenvalue weighted by atomic mass is 10.0. The molecule has 0 aliphatic heterocycles. The van der Waals surface area contributed by atoms with Gasteiger partial charge in [0.05, 0.1) is 6.42 Å². The van der Waals surface area contributed by atoms with Crippen molar-refractivity contribution >= 4 is 34.0 Å². The molecule has 0 aromatic heterocycles. The Hall–Kier alpha value is -2.53. The van der Waals surface area contributed by atoms with Crippen LogP contribution in [0.5, 0.6) is 0 Å². The van der Waals surface area contributed by atoms with Crippen LogP contribution in [0, 0.1) is 5.82 Å². The van der Waals surface area contributed by atoms with Gasteiger partial charge in [-0.2, -0.15) is 0 Å². The number of allylic oxidation sites excluding steroid dienone is 2. The van der Waals surface area contributed by atoms with Gasteiger partial charge < -0.3 is 5.11 Å². The number of aliphatic carboxylic acids is 1. The van der Waals surface area contributed by atoms with Gasteiger partial charge in [0.2, 0.25) is 0 Å². The molecule has 2 aromatic carbocycles. The summed E-state index contributed by atoms with van der Waals surface area (Å²) < 4.78 is 25.1. The van der Waals surface area contributed by atoms with Gasteiger partial charge >= 0.3 is 5.97 Å². The second kappa shape index (κ2) is 6.76. The number of rotatable bonds is 4. The SMILES string of the molecule is CC1=C(CC(=O)O)c2cc(F)ccc2/C1=C/c1ccc([S@@](C)=O)cc1. The van der Waals surface area contributed by atoms with Crippen LogP contribution >= 0.6 is 0 Å². The van der Waals surface area contributed by atoms with Crippen LogP contribution < -0.4 is 0 Å². The van der Waals surface area contributed by atoms with Crippen LogP contribution in [0.2, 0.25) is 0 Å². The van der Waals surface area contributed by atoms with Gasteiger partial charge in [-0.15, -0.1) is 0 Å². The molecule has 1 atom stereocenters. The zero-order valence-electron chi connectivity index (χ0n) is 13.9. The maximum atomic E-state index is 13.7. The molecule has 1 aliphatic carbocycles. The van der Waals surface area contributed by atoms with Crippen molar-refractivity contribution in [3.05, 3.63) is 70.5 Å². The van der Waals surface area contributed by atoms with Crippen LogP contribution in [0.3, 0.4) is 0 Å². The van der Waals surface area contributed by atoms with Crippen molar-refractivity contribution in [1.29, 1.82) is 0 Å². The largest absolute Gasteiger partial charge is 0.481 e. The van der Waals surface area contributed by atoms with E-state index in [4.69, 9.17) is 5.11 Å². The van der Waals surface area contributed by atoms with E-state index in [1.54, 1.807) is 24.5 Å². The molecule has 3 rings (SSSR count). The fraction of sp³-hybridized carbons (Fsp3) is 0.150. The Morgan fingerprint density at radius 1 is 1.16 bits per heavy atom. The summed E-state index contributed by atoms with van der Waals surface area (Å²) in [6.45, 7) is 1.86. The lowest BCUT2D eigenvalue weighted by Gasteiger charge is -2.05. The van der Waals surface area contributed by atoms with Gasteiger partial charge in [-0.05, 0) is 70.7 Å². The molecule has 25 heavy (non-hydrogen) atoms. The Bertz CT molecular complexity index is 940. The molecule has 128 valence electrons. The second-order valence-corrected chi connectivity index (χ2v) is 7.32. The van der Waals surface area contributed by atoms with Crippen molar-refractivity contribution in [1.82, 2.24) is 0 Å². The summed E-state index contributed by atoms with van der Waals surface area (Å²) in [6.07, 6.45) is 3.43. The van der Waals surface area contributed by atoms with Crippen LogP contribution in [0.25, 0.3) is 17.2 Å². The van der Waals surface area contributed by atoms with Gasteiger partial charge in [0.15, 0.2) is 0 Å². The first-order chi connectivity index (χ1) is 11.9. The number of carboxylic acid groups (broad SMARTS) is 1. The van der Waals surface area contributed by atoms with E-state index in [0.717, 1.165) is 27.2 Å².